The van der Waals surface area contributed by atoms with Gasteiger partial charge in [-0.25, -0.2) is 12.8 Å². The minimum Gasteiger partial charge on any atom is -0.355 e. The summed E-state index contributed by atoms with van der Waals surface area (Å²) in [6.07, 6.45) is 2.71. The number of anilines is 2. The van der Waals surface area contributed by atoms with E-state index >= 15 is 0 Å². The van der Waals surface area contributed by atoms with Gasteiger partial charge in [0.25, 0.3) is 15.9 Å². The molecule has 0 aliphatic rings. The average Bonchev–Trinajstić information content (AvgIpc) is 2.80. The summed E-state index contributed by atoms with van der Waals surface area (Å²) in [6.45, 7) is 0. The predicted molar refractivity (Wildman–Crippen MR) is 126 cm³/mol. The Morgan fingerprint density at radius 2 is 1.70 bits per heavy atom. The molecule has 0 aliphatic heterocycles. The van der Waals surface area contributed by atoms with Gasteiger partial charge in [-0.2, -0.15) is 0 Å². The van der Waals surface area contributed by atoms with Crippen molar-refractivity contribution in [3.05, 3.63) is 94.8 Å². The van der Waals surface area contributed by atoms with Crippen LogP contribution in [-0.2, 0) is 14.8 Å². The molecule has 0 spiro atoms. The number of hydrogen-bond donors (Lipinski definition) is 3. The summed E-state index contributed by atoms with van der Waals surface area (Å²) in [5, 5.41) is 5.13. The molecular weight excluding hydrogens is 469 g/mol. The molecule has 0 radical (unpaired) electrons. The number of benzene rings is 3. The van der Waals surface area contributed by atoms with Crippen molar-refractivity contribution in [1.29, 1.82) is 0 Å². The molecule has 3 aromatic rings. The molecule has 10 heteroatoms. The second-order valence-corrected chi connectivity index (χ2v) is 8.84. The summed E-state index contributed by atoms with van der Waals surface area (Å²) in [4.78, 5) is 23.9. The molecule has 0 fully saturated rings. The fourth-order valence-electron chi connectivity index (χ4n) is 2.77. The normalized spacial score (nSPS) is 11.2. The first-order chi connectivity index (χ1) is 15.7. The molecule has 0 heterocycles. The van der Waals surface area contributed by atoms with E-state index < -0.39 is 27.7 Å². The van der Waals surface area contributed by atoms with E-state index in [1.54, 1.807) is 24.3 Å². The lowest BCUT2D eigenvalue weighted by Crippen LogP contribution is -2.19. The molecule has 7 nitrogen and oxygen atoms in total. The summed E-state index contributed by atoms with van der Waals surface area (Å²) >= 11 is 6.00. The van der Waals surface area contributed by atoms with Gasteiger partial charge >= 0.3 is 0 Å². The van der Waals surface area contributed by atoms with Crippen molar-refractivity contribution in [1.82, 2.24) is 5.32 Å². The second-order valence-electron chi connectivity index (χ2n) is 6.75. The molecule has 3 rings (SSSR count). The zero-order valence-corrected chi connectivity index (χ0v) is 18.9. The minimum atomic E-state index is -3.84. The number of carbonyl (C=O) groups excluding carboxylic acids is 2. The van der Waals surface area contributed by atoms with Gasteiger partial charge in [-0.05, 0) is 54.1 Å². The number of carbonyl (C=O) groups is 2. The van der Waals surface area contributed by atoms with E-state index in [1.807, 2.05) is 0 Å². The van der Waals surface area contributed by atoms with Crippen molar-refractivity contribution >= 4 is 50.9 Å². The number of amides is 2. The van der Waals surface area contributed by atoms with Crippen LogP contribution in [0.1, 0.15) is 15.9 Å². The van der Waals surface area contributed by atoms with Crippen LogP contribution in [0, 0.1) is 5.82 Å². The quantitative estimate of drug-likeness (QED) is 0.432. The van der Waals surface area contributed by atoms with E-state index in [-0.39, 0.29) is 26.9 Å². The van der Waals surface area contributed by atoms with E-state index in [2.05, 4.69) is 15.4 Å². The third-order valence-electron chi connectivity index (χ3n) is 4.44. The fraction of sp³-hybridized carbons (Fsp3) is 0.0435. The number of halogens is 2. The van der Waals surface area contributed by atoms with Gasteiger partial charge in [0, 0.05) is 18.8 Å². The third kappa shape index (κ3) is 6.18. The van der Waals surface area contributed by atoms with Crippen LogP contribution in [0.3, 0.4) is 0 Å². The van der Waals surface area contributed by atoms with Crippen LogP contribution in [0.25, 0.3) is 6.08 Å². The molecule has 0 bridgehead atoms. The molecule has 3 aromatic carbocycles. The Labute approximate surface area is 195 Å². The fourth-order valence-corrected chi connectivity index (χ4v) is 4.09. The standard InChI is InChI=1S/C23H19ClFN3O4S/c1-26-23(30)18-14-16(9-12-20(18)25)27-22(29)13-8-15-6-10-17(11-7-15)33(31,32)28-21-5-3-2-4-19(21)24/h2-14,28H,1H3,(H,26,30)(H,27,29)/b13-8+. The van der Waals surface area contributed by atoms with Gasteiger partial charge in [0.05, 0.1) is 21.2 Å². The summed E-state index contributed by atoms with van der Waals surface area (Å²) in [6, 6.07) is 16.0. The smallest absolute Gasteiger partial charge is 0.261 e. The SMILES string of the molecule is CNC(=O)c1cc(NC(=O)/C=C/c2ccc(S(=O)(=O)Nc3ccccc3Cl)cc2)ccc1F. The topological polar surface area (TPSA) is 104 Å². The van der Waals surface area contributed by atoms with Gasteiger partial charge in [-0.15, -0.1) is 0 Å². The van der Waals surface area contributed by atoms with Crippen molar-refractivity contribution in [2.45, 2.75) is 4.90 Å². The highest BCUT2D eigenvalue weighted by Crippen LogP contribution is 2.24. The first kappa shape index (κ1) is 24.0. The largest absolute Gasteiger partial charge is 0.355 e. The van der Waals surface area contributed by atoms with E-state index in [4.69, 9.17) is 11.6 Å². The Hall–Kier alpha value is -3.69. The van der Waals surface area contributed by atoms with E-state index in [1.165, 1.54) is 55.6 Å². The van der Waals surface area contributed by atoms with E-state index in [0.29, 0.717) is 5.56 Å². The van der Waals surface area contributed by atoms with Gasteiger partial charge in [-0.1, -0.05) is 35.9 Å². The highest BCUT2D eigenvalue weighted by Gasteiger charge is 2.15. The first-order valence-corrected chi connectivity index (χ1v) is 11.4. The van der Waals surface area contributed by atoms with Crippen molar-refractivity contribution in [2.75, 3.05) is 17.1 Å². The number of rotatable bonds is 7. The van der Waals surface area contributed by atoms with Crippen molar-refractivity contribution in [3.8, 4) is 0 Å². The monoisotopic (exact) mass is 487 g/mol. The highest BCUT2D eigenvalue weighted by atomic mass is 35.5. The third-order valence-corrected chi connectivity index (χ3v) is 6.15. The first-order valence-electron chi connectivity index (χ1n) is 9.58. The van der Waals surface area contributed by atoms with Crippen LogP contribution >= 0.6 is 11.6 Å². The van der Waals surface area contributed by atoms with E-state index in [0.717, 1.165) is 6.07 Å². The van der Waals surface area contributed by atoms with Gasteiger partial charge < -0.3 is 10.6 Å². The summed E-state index contributed by atoms with van der Waals surface area (Å²) in [5.41, 5.74) is 0.894. The number of sulfonamides is 1. The lowest BCUT2D eigenvalue weighted by atomic mass is 10.1. The molecule has 0 unspecified atom stereocenters. The van der Waals surface area contributed by atoms with Gasteiger partial charge in [0.2, 0.25) is 5.91 Å². The van der Waals surface area contributed by atoms with Crippen LogP contribution in [0.4, 0.5) is 15.8 Å². The van der Waals surface area contributed by atoms with Gasteiger partial charge in [0.15, 0.2) is 0 Å². The molecule has 0 aromatic heterocycles. The Bertz CT molecular complexity index is 1330. The van der Waals surface area contributed by atoms with E-state index in [9.17, 15) is 22.4 Å². The zero-order chi connectivity index (χ0) is 24.0. The van der Waals surface area contributed by atoms with Gasteiger partial charge in [0.1, 0.15) is 5.82 Å². The minimum absolute atomic E-state index is 0.0251. The lowest BCUT2D eigenvalue weighted by molar-refractivity contribution is -0.111. The summed E-state index contributed by atoms with van der Waals surface area (Å²) in [5.74, 6) is -1.83. The van der Waals surface area contributed by atoms with Crippen LogP contribution < -0.4 is 15.4 Å². The molecular formula is C23H19ClFN3O4S. The zero-order valence-electron chi connectivity index (χ0n) is 17.3. The maximum atomic E-state index is 13.7. The molecule has 33 heavy (non-hydrogen) atoms. The molecule has 170 valence electrons. The molecule has 0 atom stereocenters. The molecule has 0 saturated heterocycles. The Morgan fingerprint density at radius 1 is 1.00 bits per heavy atom. The Balaban J connectivity index is 1.67. The molecule has 0 saturated carbocycles. The maximum Gasteiger partial charge on any atom is 0.261 e. The Morgan fingerprint density at radius 3 is 2.36 bits per heavy atom. The van der Waals surface area contributed by atoms with Crippen molar-refractivity contribution < 1.29 is 22.4 Å². The molecule has 0 aliphatic carbocycles. The number of nitrogens with one attached hydrogen (secondary N) is 3. The second kappa shape index (κ2) is 10.3. The van der Waals surface area contributed by atoms with Crippen molar-refractivity contribution in [2.24, 2.45) is 0 Å². The van der Waals surface area contributed by atoms with Gasteiger partial charge in [-0.3, -0.25) is 14.3 Å². The average molecular weight is 488 g/mol. The van der Waals surface area contributed by atoms with Crippen LogP contribution in [0.2, 0.25) is 5.02 Å². The van der Waals surface area contributed by atoms with Crippen LogP contribution in [0.15, 0.2) is 77.7 Å². The summed E-state index contributed by atoms with van der Waals surface area (Å²) < 4.78 is 41.3. The lowest BCUT2D eigenvalue weighted by Gasteiger charge is -2.09. The number of hydrogen-bond acceptors (Lipinski definition) is 4. The Kier molecular flexibility index (Phi) is 7.47. The van der Waals surface area contributed by atoms with Crippen molar-refractivity contribution in [3.63, 3.8) is 0 Å². The predicted octanol–water partition coefficient (Wildman–Crippen LogP) is 4.29. The molecule has 3 N–H and O–H groups in total. The summed E-state index contributed by atoms with van der Waals surface area (Å²) in [7, 11) is -2.47. The van der Waals surface area contributed by atoms with Crippen LogP contribution in [0.5, 0.6) is 0 Å². The maximum absolute atomic E-state index is 13.7. The number of para-hydroxylation sites is 1. The molecule has 2 amide bonds. The van der Waals surface area contributed by atoms with Crippen LogP contribution in [-0.4, -0.2) is 27.3 Å². The highest BCUT2D eigenvalue weighted by molar-refractivity contribution is 7.92.